The molecule has 0 saturated heterocycles. The first-order valence-electron chi connectivity index (χ1n) is 6.89. The molecule has 4 nitrogen and oxygen atoms in total. The minimum Gasteiger partial charge on any atom is -0.493 e. The first kappa shape index (κ1) is 15.8. The molecule has 0 bridgehead atoms. The van der Waals surface area contributed by atoms with Gasteiger partial charge in [0.1, 0.15) is 5.82 Å². The van der Waals surface area contributed by atoms with E-state index in [1.165, 1.54) is 12.1 Å². The standard InChI is InChI=1S/C17H18FNO3/c1-21-15-8-3-5-12(17(15)22-2)9-10-16(20)19-14-7-4-6-13(18)11-14/h3-8,11H,9-10H2,1-2H3,(H,19,20). The van der Waals surface area contributed by atoms with Crippen molar-refractivity contribution in [3.05, 3.63) is 53.8 Å². The highest BCUT2D eigenvalue weighted by atomic mass is 19.1. The largest absolute Gasteiger partial charge is 0.493 e. The molecule has 0 aliphatic heterocycles. The number of hydrogen-bond donors (Lipinski definition) is 1. The van der Waals surface area contributed by atoms with Crippen LogP contribution >= 0.6 is 0 Å². The number of para-hydroxylation sites is 1. The summed E-state index contributed by atoms with van der Waals surface area (Å²) < 4.78 is 23.6. The Balaban J connectivity index is 1.99. The molecule has 22 heavy (non-hydrogen) atoms. The molecule has 0 atom stereocenters. The molecule has 5 heteroatoms. The minimum absolute atomic E-state index is 0.185. The molecule has 1 N–H and O–H groups in total. The molecule has 2 aromatic carbocycles. The van der Waals surface area contributed by atoms with Crippen molar-refractivity contribution < 1.29 is 18.7 Å². The lowest BCUT2D eigenvalue weighted by atomic mass is 10.1. The molecule has 2 rings (SSSR count). The smallest absolute Gasteiger partial charge is 0.224 e. The topological polar surface area (TPSA) is 47.6 Å². The summed E-state index contributed by atoms with van der Waals surface area (Å²) in [6, 6.07) is 11.3. The van der Waals surface area contributed by atoms with E-state index in [2.05, 4.69) is 5.32 Å². The van der Waals surface area contributed by atoms with Crippen molar-refractivity contribution in [2.24, 2.45) is 0 Å². The van der Waals surface area contributed by atoms with Gasteiger partial charge in [0.05, 0.1) is 14.2 Å². The van der Waals surface area contributed by atoms with Gasteiger partial charge < -0.3 is 14.8 Å². The number of hydrogen-bond acceptors (Lipinski definition) is 3. The van der Waals surface area contributed by atoms with Crippen molar-refractivity contribution in [2.45, 2.75) is 12.8 Å². The van der Waals surface area contributed by atoms with E-state index in [0.29, 0.717) is 23.6 Å². The van der Waals surface area contributed by atoms with Crippen LogP contribution in [-0.2, 0) is 11.2 Å². The van der Waals surface area contributed by atoms with Gasteiger partial charge in [-0.25, -0.2) is 4.39 Å². The number of rotatable bonds is 6. The maximum absolute atomic E-state index is 13.1. The molecule has 0 aliphatic carbocycles. The highest BCUT2D eigenvalue weighted by molar-refractivity contribution is 5.90. The van der Waals surface area contributed by atoms with Gasteiger partial charge in [-0.2, -0.15) is 0 Å². The van der Waals surface area contributed by atoms with Crippen LogP contribution in [0.2, 0.25) is 0 Å². The van der Waals surface area contributed by atoms with E-state index in [4.69, 9.17) is 9.47 Å². The summed E-state index contributed by atoms with van der Waals surface area (Å²) in [5.41, 5.74) is 1.33. The lowest BCUT2D eigenvalue weighted by Gasteiger charge is -2.12. The van der Waals surface area contributed by atoms with Gasteiger partial charge in [-0.1, -0.05) is 18.2 Å². The van der Waals surface area contributed by atoms with Crippen molar-refractivity contribution in [3.8, 4) is 11.5 Å². The molecule has 1 amide bonds. The van der Waals surface area contributed by atoms with Gasteiger partial charge in [-0.05, 0) is 36.2 Å². The van der Waals surface area contributed by atoms with Gasteiger partial charge >= 0.3 is 0 Å². The van der Waals surface area contributed by atoms with Crippen molar-refractivity contribution in [2.75, 3.05) is 19.5 Å². The number of anilines is 1. The number of ether oxygens (including phenoxy) is 2. The van der Waals surface area contributed by atoms with Gasteiger partial charge in [0.2, 0.25) is 5.91 Å². The van der Waals surface area contributed by atoms with Crippen LogP contribution in [-0.4, -0.2) is 20.1 Å². The fourth-order valence-corrected chi connectivity index (χ4v) is 2.19. The number of halogens is 1. The number of carbonyl (C=O) groups is 1. The molecular weight excluding hydrogens is 285 g/mol. The number of benzene rings is 2. The van der Waals surface area contributed by atoms with E-state index in [1.54, 1.807) is 32.4 Å². The fourth-order valence-electron chi connectivity index (χ4n) is 2.19. The Kier molecular flexibility index (Phi) is 5.36. The first-order valence-corrected chi connectivity index (χ1v) is 6.89. The number of carbonyl (C=O) groups excluding carboxylic acids is 1. The SMILES string of the molecule is COc1cccc(CCC(=O)Nc2cccc(F)c2)c1OC. The van der Waals surface area contributed by atoms with Crippen LogP contribution in [0.4, 0.5) is 10.1 Å². The van der Waals surface area contributed by atoms with Crippen LogP contribution < -0.4 is 14.8 Å². The Bertz CT molecular complexity index is 658. The Morgan fingerprint density at radius 1 is 1.14 bits per heavy atom. The summed E-state index contributed by atoms with van der Waals surface area (Å²) in [4.78, 5) is 11.9. The van der Waals surface area contributed by atoms with E-state index in [0.717, 1.165) is 5.56 Å². The third-order valence-electron chi connectivity index (χ3n) is 3.21. The molecule has 116 valence electrons. The Morgan fingerprint density at radius 2 is 1.91 bits per heavy atom. The summed E-state index contributed by atoms with van der Waals surface area (Å²) in [6.45, 7) is 0. The number of methoxy groups -OCH3 is 2. The minimum atomic E-state index is -0.382. The normalized spacial score (nSPS) is 10.1. The molecule has 0 aromatic heterocycles. The van der Waals surface area contributed by atoms with Gasteiger partial charge in [-0.15, -0.1) is 0 Å². The second kappa shape index (κ2) is 7.45. The van der Waals surface area contributed by atoms with E-state index in [9.17, 15) is 9.18 Å². The van der Waals surface area contributed by atoms with Gasteiger partial charge in [0.25, 0.3) is 0 Å². The van der Waals surface area contributed by atoms with Crippen LogP contribution in [0, 0.1) is 5.82 Å². The fraction of sp³-hybridized carbons (Fsp3) is 0.235. The van der Waals surface area contributed by atoms with Crippen molar-refractivity contribution in [1.29, 1.82) is 0 Å². The summed E-state index contributed by atoms with van der Waals surface area (Å²) in [7, 11) is 3.13. The molecule has 0 fully saturated rings. The van der Waals surface area contributed by atoms with Crippen LogP contribution in [0.1, 0.15) is 12.0 Å². The Morgan fingerprint density at radius 3 is 2.59 bits per heavy atom. The van der Waals surface area contributed by atoms with Crippen molar-refractivity contribution in [1.82, 2.24) is 0 Å². The number of nitrogens with one attached hydrogen (secondary N) is 1. The van der Waals surface area contributed by atoms with E-state index < -0.39 is 0 Å². The maximum atomic E-state index is 13.1. The number of amides is 1. The molecule has 0 spiro atoms. The van der Waals surface area contributed by atoms with Crippen molar-refractivity contribution in [3.63, 3.8) is 0 Å². The van der Waals surface area contributed by atoms with Crippen LogP contribution in [0.15, 0.2) is 42.5 Å². The summed E-state index contributed by atoms with van der Waals surface area (Å²) in [6.07, 6.45) is 0.765. The zero-order chi connectivity index (χ0) is 15.9. The first-order chi connectivity index (χ1) is 10.6. The average Bonchev–Trinajstić information content (AvgIpc) is 2.52. The monoisotopic (exact) mass is 303 g/mol. The zero-order valence-corrected chi connectivity index (χ0v) is 12.6. The van der Waals surface area contributed by atoms with Crippen LogP contribution in [0.5, 0.6) is 11.5 Å². The lowest BCUT2D eigenvalue weighted by molar-refractivity contribution is -0.116. The molecule has 2 aromatic rings. The second-order valence-electron chi connectivity index (χ2n) is 4.71. The predicted octanol–water partition coefficient (Wildman–Crippen LogP) is 3.41. The third-order valence-corrected chi connectivity index (χ3v) is 3.21. The molecule has 0 aliphatic rings. The zero-order valence-electron chi connectivity index (χ0n) is 12.6. The molecular formula is C17H18FNO3. The van der Waals surface area contributed by atoms with Crippen LogP contribution in [0.25, 0.3) is 0 Å². The molecule has 0 unspecified atom stereocenters. The van der Waals surface area contributed by atoms with E-state index >= 15 is 0 Å². The highest BCUT2D eigenvalue weighted by Crippen LogP contribution is 2.31. The maximum Gasteiger partial charge on any atom is 0.224 e. The van der Waals surface area contributed by atoms with E-state index in [1.807, 2.05) is 12.1 Å². The van der Waals surface area contributed by atoms with E-state index in [-0.39, 0.29) is 18.1 Å². The average molecular weight is 303 g/mol. The summed E-state index contributed by atoms with van der Waals surface area (Å²) in [5, 5.41) is 2.67. The number of aryl methyl sites for hydroxylation is 1. The van der Waals surface area contributed by atoms with Gasteiger partial charge in [0.15, 0.2) is 11.5 Å². The van der Waals surface area contributed by atoms with Gasteiger partial charge in [0, 0.05) is 12.1 Å². The Hall–Kier alpha value is -2.56. The van der Waals surface area contributed by atoms with Gasteiger partial charge in [-0.3, -0.25) is 4.79 Å². The second-order valence-corrected chi connectivity index (χ2v) is 4.71. The lowest BCUT2D eigenvalue weighted by Crippen LogP contribution is -2.12. The molecule has 0 radical (unpaired) electrons. The highest BCUT2D eigenvalue weighted by Gasteiger charge is 2.11. The third kappa shape index (κ3) is 3.97. The van der Waals surface area contributed by atoms with Crippen LogP contribution in [0.3, 0.4) is 0 Å². The van der Waals surface area contributed by atoms with Crippen molar-refractivity contribution >= 4 is 11.6 Å². The summed E-state index contributed by atoms with van der Waals surface area (Å²) in [5.74, 6) is 0.692. The summed E-state index contributed by atoms with van der Waals surface area (Å²) >= 11 is 0. The molecule has 0 heterocycles. The predicted molar refractivity (Wildman–Crippen MR) is 82.9 cm³/mol. The Labute approximate surface area is 128 Å². The quantitative estimate of drug-likeness (QED) is 0.889. The molecule has 0 saturated carbocycles.